The largest absolute Gasteiger partial charge is 0.480 e. The summed E-state index contributed by atoms with van der Waals surface area (Å²) in [6, 6.07) is 7.44. The number of aryl methyl sites for hydroxylation is 1. The maximum Gasteiger partial charge on any atom is 0.332 e. The van der Waals surface area contributed by atoms with Crippen LogP contribution in [0.3, 0.4) is 0 Å². The first-order valence-electron chi connectivity index (χ1n) is 11.3. The monoisotopic (exact) mass is 466 g/mol. The molecule has 0 bridgehead atoms. The van der Waals surface area contributed by atoms with Gasteiger partial charge in [0.05, 0.1) is 6.54 Å². The number of nitrogens with one attached hydrogen (secondary N) is 1. The van der Waals surface area contributed by atoms with E-state index < -0.39 is 35.6 Å². The fourth-order valence-corrected chi connectivity index (χ4v) is 5.10. The molecule has 3 unspecified atom stereocenters. The van der Waals surface area contributed by atoms with E-state index in [9.17, 15) is 24.3 Å². The Labute approximate surface area is 194 Å². The number of carbonyl (C=O) groups excluding carboxylic acids is 1. The Morgan fingerprint density at radius 2 is 1.94 bits per heavy atom. The zero-order chi connectivity index (χ0) is 24.1. The van der Waals surface area contributed by atoms with Crippen molar-refractivity contribution in [2.45, 2.75) is 32.0 Å². The third-order valence-corrected chi connectivity index (χ3v) is 7.00. The Morgan fingerprint density at radius 1 is 1.21 bits per heavy atom. The maximum absolute atomic E-state index is 13.6. The first-order chi connectivity index (χ1) is 16.3. The van der Waals surface area contributed by atoms with Gasteiger partial charge in [-0.2, -0.15) is 4.98 Å². The van der Waals surface area contributed by atoms with E-state index in [-0.39, 0.29) is 17.2 Å². The van der Waals surface area contributed by atoms with Crippen LogP contribution in [-0.2, 0) is 18.4 Å². The number of nitrogens with zero attached hydrogens (tertiary/aromatic N) is 5. The van der Waals surface area contributed by atoms with Crippen molar-refractivity contribution in [3.8, 4) is 0 Å². The summed E-state index contributed by atoms with van der Waals surface area (Å²) >= 11 is 0. The van der Waals surface area contributed by atoms with Gasteiger partial charge < -0.3 is 15.3 Å². The van der Waals surface area contributed by atoms with E-state index in [0.29, 0.717) is 24.0 Å². The average molecular weight is 466 g/mol. The number of ketones is 1. The van der Waals surface area contributed by atoms with E-state index >= 15 is 0 Å². The number of aromatic nitrogens is 4. The number of Topliss-reactive ketones (excluding diaryl/α,β-unsaturated/α-hetero) is 1. The highest BCUT2D eigenvalue weighted by Gasteiger charge is 2.41. The van der Waals surface area contributed by atoms with Crippen LogP contribution in [0.2, 0.25) is 0 Å². The number of anilines is 1. The first kappa shape index (κ1) is 22.1. The molecule has 2 aromatic heterocycles. The normalized spacial score (nSPS) is 20.6. The van der Waals surface area contributed by atoms with Gasteiger partial charge in [0.25, 0.3) is 5.56 Å². The summed E-state index contributed by atoms with van der Waals surface area (Å²) in [4.78, 5) is 58.2. The van der Waals surface area contributed by atoms with Crippen LogP contribution in [0.1, 0.15) is 29.7 Å². The quantitative estimate of drug-likeness (QED) is 0.494. The molecule has 2 aliphatic rings. The van der Waals surface area contributed by atoms with E-state index in [1.54, 1.807) is 30.3 Å². The summed E-state index contributed by atoms with van der Waals surface area (Å²) in [7, 11) is 1.48. The van der Waals surface area contributed by atoms with Gasteiger partial charge in [0, 0.05) is 38.3 Å². The number of hydrogen-bond acceptors (Lipinski definition) is 7. The van der Waals surface area contributed by atoms with Crippen molar-refractivity contribution in [2.24, 2.45) is 13.0 Å². The fourth-order valence-electron chi connectivity index (χ4n) is 5.10. The van der Waals surface area contributed by atoms with Gasteiger partial charge in [0.15, 0.2) is 16.9 Å². The molecule has 1 aromatic carbocycles. The van der Waals surface area contributed by atoms with Crippen molar-refractivity contribution < 1.29 is 14.7 Å². The van der Waals surface area contributed by atoms with Crippen LogP contribution in [-0.4, -0.2) is 61.2 Å². The molecule has 2 fully saturated rings. The Kier molecular flexibility index (Phi) is 5.35. The molecule has 3 aromatic rings. The second-order valence-corrected chi connectivity index (χ2v) is 8.96. The minimum atomic E-state index is -1.12. The number of carboxylic acids is 1. The number of hydrogen-bond donors (Lipinski definition) is 2. The van der Waals surface area contributed by atoms with Crippen LogP contribution >= 0.6 is 0 Å². The zero-order valence-electron chi connectivity index (χ0n) is 19.0. The minimum Gasteiger partial charge on any atom is -0.480 e. The number of carbonyl (C=O) groups is 2. The van der Waals surface area contributed by atoms with E-state index in [2.05, 4.69) is 10.3 Å². The summed E-state index contributed by atoms with van der Waals surface area (Å²) in [5.41, 5.74) is -0.919. The molecule has 0 saturated carbocycles. The summed E-state index contributed by atoms with van der Waals surface area (Å²) in [6.07, 6.45) is 0.928. The number of carboxylic acid groups (broad SMARTS) is 1. The van der Waals surface area contributed by atoms with Crippen molar-refractivity contribution in [1.82, 2.24) is 24.0 Å². The number of imidazole rings is 1. The average Bonchev–Trinajstić information content (AvgIpc) is 3.54. The van der Waals surface area contributed by atoms with Gasteiger partial charge in [-0.3, -0.25) is 23.3 Å². The maximum atomic E-state index is 13.6. The third kappa shape index (κ3) is 3.35. The van der Waals surface area contributed by atoms with Crippen LogP contribution < -0.4 is 21.5 Å². The molecular weight excluding hydrogens is 440 g/mol. The minimum absolute atomic E-state index is 0.00210. The van der Waals surface area contributed by atoms with Gasteiger partial charge in [-0.25, -0.2) is 9.59 Å². The lowest BCUT2D eigenvalue weighted by Gasteiger charge is -2.26. The molecule has 3 atom stereocenters. The molecule has 0 amide bonds. The van der Waals surface area contributed by atoms with E-state index in [1.807, 2.05) is 4.90 Å². The van der Waals surface area contributed by atoms with Crippen molar-refractivity contribution in [2.75, 3.05) is 24.5 Å². The molecule has 0 spiro atoms. The summed E-state index contributed by atoms with van der Waals surface area (Å²) in [5.74, 6) is -0.741. The number of rotatable bonds is 6. The number of fused-ring (bicyclic) bond motifs is 2. The highest BCUT2D eigenvalue weighted by molar-refractivity contribution is 5.96. The van der Waals surface area contributed by atoms with Crippen molar-refractivity contribution in [3.63, 3.8) is 0 Å². The van der Waals surface area contributed by atoms with Gasteiger partial charge in [0.2, 0.25) is 5.95 Å². The topological polar surface area (TPSA) is 131 Å². The highest BCUT2D eigenvalue weighted by atomic mass is 16.4. The lowest BCUT2D eigenvalue weighted by molar-refractivity contribution is -0.140. The summed E-state index contributed by atoms with van der Waals surface area (Å²) < 4.78 is 3.48. The Bertz CT molecular complexity index is 1410. The van der Waals surface area contributed by atoms with Crippen LogP contribution in [0.4, 0.5) is 5.95 Å². The second-order valence-electron chi connectivity index (χ2n) is 8.96. The predicted molar refractivity (Wildman–Crippen MR) is 124 cm³/mol. The van der Waals surface area contributed by atoms with Crippen LogP contribution in [0, 0.1) is 5.92 Å². The standard InChI is InChI=1S/C23H26N6O5/c1-13(21(32)33)29-18-19(25-22(29)27-9-8-15-10-24-11-16(15)27)26(2)23(34)28(20(18)31)12-17(30)14-6-4-3-5-7-14/h3-7,13,15-16,24H,8-12H2,1-2H3,(H,32,33). The summed E-state index contributed by atoms with van der Waals surface area (Å²) in [5, 5.41) is 13.2. The van der Waals surface area contributed by atoms with Gasteiger partial charge in [0.1, 0.15) is 6.04 Å². The molecule has 0 aliphatic carbocycles. The molecule has 11 nitrogen and oxygen atoms in total. The number of aliphatic carboxylic acids is 1. The van der Waals surface area contributed by atoms with E-state index in [1.165, 1.54) is 23.1 Å². The van der Waals surface area contributed by atoms with Gasteiger partial charge >= 0.3 is 11.7 Å². The molecule has 34 heavy (non-hydrogen) atoms. The Morgan fingerprint density at radius 3 is 2.65 bits per heavy atom. The second kappa shape index (κ2) is 8.24. The van der Waals surface area contributed by atoms with Gasteiger partial charge in [-0.15, -0.1) is 0 Å². The van der Waals surface area contributed by atoms with Crippen molar-refractivity contribution in [1.29, 1.82) is 0 Å². The molecular formula is C23H26N6O5. The van der Waals surface area contributed by atoms with Crippen molar-refractivity contribution >= 4 is 28.9 Å². The molecule has 2 aliphatic heterocycles. The van der Waals surface area contributed by atoms with Crippen LogP contribution in [0.25, 0.3) is 11.2 Å². The molecule has 178 valence electrons. The van der Waals surface area contributed by atoms with E-state index in [0.717, 1.165) is 24.1 Å². The summed E-state index contributed by atoms with van der Waals surface area (Å²) in [6.45, 7) is 3.33. The first-order valence-corrected chi connectivity index (χ1v) is 11.3. The van der Waals surface area contributed by atoms with E-state index in [4.69, 9.17) is 0 Å². The SMILES string of the molecule is CC(C(=O)O)n1c(N2CCC3CNCC32)nc2c1c(=O)n(CC(=O)c1ccccc1)c(=O)n2C. The molecule has 5 rings (SSSR count). The molecule has 2 N–H and O–H groups in total. The number of benzene rings is 1. The van der Waals surface area contributed by atoms with Gasteiger partial charge in [-0.05, 0) is 19.3 Å². The lowest BCUT2D eigenvalue weighted by atomic mass is 10.1. The van der Waals surface area contributed by atoms with Crippen LogP contribution in [0.15, 0.2) is 39.9 Å². The highest BCUT2D eigenvalue weighted by Crippen LogP contribution is 2.34. The third-order valence-electron chi connectivity index (χ3n) is 7.00. The smallest absolute Gasteiger partial charge is 0.332 e. The molecule has 11 heteroatoms. The molecule has 0 radical (unpaired) electrons. The van der Waals surface area contributed by atoms with Crippen molar-refractivity contribution in [3.05, 3.63) is 56.7 Å². The Balaban J connectivity index is 1.71. The van der Waals surface area contributed by atoms with Gasteiger partial charge in [-0.1, -0.05) is 30.3 Å². The Hall–Kier alpha value is -3.73. The lowest BCUT2D eigenvalue weighted by Crippen LogP contribution is -2.42. The predicted octanol–water partition coefficient (Wildman–Crippen LogP) is 0.223. The van der Waals surface area contributed by atoms with Crippen LogP contribution in [0.5, 0.6) is 0 Å². The molecule has 2 saturated heterocycles. The zero-order valence-corrected chi connectivity index (χ0v) is 19.0. The molecule has 4 heterocycles. The fraction of sp³-hybridized carbons (Fsp3) is 0.435.